The van der Waals surface area contributed by atoms with Gasteiger partial charge in [0.05, 0.1) is 6.54 Å². The van der Waals surface area contributed by atoms with Gasteiger partial charge in [-0.3, -0.25) is 0 Å². The lowest BCUT2D eigenvalue weighted by Gasteiger charge is -2.30. The molecule has 2 aromatic rings. The summed E-state index contributed by atoms with van der Waals surface area (Å²) in [7, 11) is -3.47. The van der Waals surface area contributed by atoms with Gasteiger partial charge in [0.1, 0.15) is 12.4 Å². The third kappa shape index (κ3) is 4.39. The number of aromatic nitrogens is 2. The maximum atomic E-state index is 12.5. The average Bonchev–Trinajstić information content (AvgIpc) is 2.62. The molecular formula is C17H19N3O3S. The van der Waals surface area contributed by atoms with Crippen molar-refractivity contribution in [1.82, 2.24) is 14.3 Å². The SMILES string of the molecule is O=S(=O)(/C=C/c1ccccc1)N1CCC[C@H](Oc2ccncn2)C1. The first-order chi connectivity index (χ1) is 11.6. The lowest BCUT2D eigenvalue weighted by atomic mass is 10.1. The van der Waals surface area contributed by atoms with Crippen molar-refractivity contribution < 1.29 is 13.2 Å². The lowest BCUT2D eigenvalue weighted by molar-refractivity contribution is 0.125. The number of nitrogens with zero attached hydrogens (tertiary/aromatic N) is 3. The zero-order valence-corrected chi connectivity index (χ0v) is 14.0. The molecule has 1 aromatic carbocycles. The van der Waals surface area contributed by atoms with Crippen LogP contribution < -0.4 is 4.74 Å². The van der Waals surface area contributed by atoms with Crippen molar-refractivity contribution in [3.8, 4) is 5.88 Å². The summed E-state index contributed by atoms with van der Waals surface area (Å²) < 4.78 is 32.3. The molecule has 3 rings (SSSR count). The van der Waals surface area contributed by atoms with Gasteiger partial charge >= 0.3 is 0 Å². The van der Waals surface area contributed by atoms with E-state index >= 15 is 0 Å². The highest BCUT2D eigenvalue weighted by Crippen LogP contribution is 2.19. The highest BCUT2D eigenvalue weighted by atomic mass is 32.2. The summed E-state index contributed by atoms with van der Waals surface area (Å²) in [6.07, 6.45) is 5.99. The smallest absolute Gasteiger partial charge is 0.236 e. The van der Waals surface area contributed by atoms with Crippen LogP contribution in [0.1, 0.15) is 18.4 Å². The Kier molecular flexibility index (Phi) is 5.22. The van der Waals surface area contributed by atoms with E-state index in [0.717, 1.165) is 18.4 Å². The first kappa shape index (κ1) is 16.6. The molecule has 24 heavy (non-hydrogen) atoms. The predicted octanol–water partition coefficient (Wildman–Crippen LogP) is 2.32. The maximum absolute atomic E-state index is 12.5. The third-order valence-electron chi connectivity index (χ3n) is 3.78. The van der Waals surface area contributed by atoms with Gasteiger partial charge < -0.3 is 4.74 Å². The molecule has 0 unspecified atom stereocenters. The van der Waals surface area contributed by atoms with Crippen LogP contribution in [-0.4, -0.2) is 41.9 Å². The molecule has 1 fully saturated rings. The van der Waals surface area contributed by atoms with Gasteiger partial charge in [0, 0.05) is 24.2 Å². The molecule has 0 aliphatic carbocycles. The maximum Gasteiger partial charge on any atom is 0.236 e. The Balaban J connectivity index is 1.66. The van der Waals surface area contributed by atoms with E-state index in [0.29, 0.717) is 19.0 Å². The zero-order chi connectivity index (χ0) is 16.8. The molecule has 126 valence electrons. The van der Waals surface area contributed by atoms with Gasteiger partial charge in [-0.25, -0.2) is 18.4 Å². The van der Waals surface area contributed by atoms with Crippen molar-refractivity contribution in [2.75, 3.05) is 13.1 Å². The number of ether oxygens (including phenoxy) is 1. The lowest BCUT2D eigenvalue weighted by Crippen LogP contribution is -2.43. The van der Waals surface area contributed by atoms with E-state index in [2.05, 4.69) is 9.97 Å². The number of sulfonamides is 1. The molecule has 0 N–H and O–H groups in total. The van der Waals surface area contributed by atoms with Crippen molar-refractivity contribution in [3.05, 3.63) is 59.9 Å². The monoisotopic (exact) mass is 345 g/mol. The van der Waals surface area contributed by atoms with Crippen molar-refractivity contribution in [2.24, 2.45) is 0 Å². The van der Waals surface area contributed by atoms with Gasteiger partial charge in [-0.1, -0.05) is 30.3 Å². The summed E-state index contributed by atoms with van der Waals surface area (Å²) in [5.41, 5.74) is 0.854. The molecule has 1 saturated heterocycles. The van der Waals surface area contributed by atoms with Crippen LogP contribution >= 0.6 is 0 Å². The Morgan fingerprint density at radius 1 is 1.21 bits per heavy atom. The molecule has 0 radical (unpaired) electrons. The predicted molar refractivity (Wildman–Crippen MR) is 91.7 cm³/mol. The highest BCUT2D eigenvalue weighted by molar-refractivity contribution is 7.92. The number of piperidine rings is 1. The Labute approximate surface area is 141 Å². The van der Waals surface area contributed by atoms with Crippen LogP contribution in [0.15, 0.2) is 54.3 Å². The Hall–Kier alpha value is -2.25. The summed E-state index contributed by atoms with van der Waals surface area (Å²) in [6, 6.07) is 11.0. The Morgan fingerprint density at radius 3 is 2.79 bits per heavy atom. The van der Waals surface area contributed by atoms with Crippen molar-refractivity contribution in [2.45, 2.75) is 18.9 Å². The van der Waals surface area contributed by atoms with Gasteiger partial charge in [-0.2, -0.15) is 4.31 Å². The normalized spacial score (nSPS) is 19.4. The number of rotatable bonds is 5. The molecule has 1 aromatic heterocycles. The van der Waals surface area contributed by atoms with Crippen LogP contribution in [0.3, 0.4) is 0 Å². The van der Waals surface area contributed by atoms with E-state index in [9.17, 15) is 8.42 Å². The topological polar surface area (TPSA) is 72.4 Å². The van der Waals surface area contributed by atoms with E-state index < -0.39 is 10.0 Å². The Morgan fingerprint density at radius 2 is 2.04 bits per heavy atom. The number of benzene rings is 1. The minimum Gasteiger partial charge on any atom is -0.473 e. The fourth-order valence-corrected chi connectivity index (χ4v) is 3.82. The van der Waals surface area contributed by atoms with Crippen LogP contribution in [0.4, 0.5) is 0 Å². The van der Waals surface area contributed by atoms with Crippen molar-refractivity contribution >= 4 is 16.1 Å². The van der Waals surface area contributed by atoms with Gasteiger partial charge in [0.15, 0.2) is 0 Å². The van der Waals surface area contributed by atoms with Gasteiger partial charge in [-0.15, -0.1) is 0 Å². The summed E-state index contributed by atoms with van der Waals surface area (Å²) in [4.78, 5) is 7.86. The molecule has 0 bridgehead atoms. The van der Waals surface area contributed by atoms with Crippen LogP contribution in [0.25, 0.3) is 6.08 Å². The van der Waals surface area contributed by atoms with Gasteiger partial charge in [-0.05, 0) is 24.5 Å². The molecule has 1 aliphatic rings. The fraction of sp³-hybridized carbons (Fsp3) is 0.294. The molecule has 7 heteroatoms. The van der Waals surface area contributed by atoms with E-state index in [1.807, 2.05) is 30.3 Å². The number of hydrogen-bond acceptors (Lipinski definition) is 5. The number of hydrogen-bond donors (Lipinski definition) is 0. The van der Waals surface area contributed by atoms with Gasteiger partial charge in [0.2, 0.25) is 15.9 Å². The minimum atomic E-state index is -3.47. The summed E-state index contributed by atoms with van der Waals surface area (Å²) in [6.45, 7) is 0.830. The standard InChI is InChI=1S/C17H19N3O3S/c21-24(22,12-9-15-5-2-1-3-6-15)20-11-4-7-16(13-20)23-17-8-10-18-14-19-17/h1-3,5-6,8-10,12,14,16H,4,7,11,13H2/b12-9+/t16-/m0/s1. The van der Waals surface area contributed by atoms with Crippen LogP contribution in [-0.2, 0) is 10.0 Å². The second kappa shape index (κ2) is 7.55. The van der Waals surface area contributed by atoms with E-state index in [1.54, 1.807) is 18.3 Å². The summed E-state index contributed by atoms with van der Waals surface area (Å²) >= 11 is 0. The molecule has 1 atom stereocenters. The van der Waals surface area contributed by atoms with Crippen LogP contribution in [0.2, 0.25) is 0 Å². The first-order valence-electron chi connectivity index (χ1n) is 7.79. The molecule has 2 heterocycles. The highest BCUT2D eigenvalue weighted by Gasteiger charge is 2.28. The molecule has 6 nitrogen and oxygen atoms in total. The second-order valence-corrected chi connectivity index (χ2v) is 7.36. The first-order valence-corrected chi connectivity index (χ1v) is 9.30. The molecule has 1 aliphatic heterocycles. The quantitative estimate of drug-likeness (QED) is 0.831. The second-order valence-electron chi connectivity index (χ2n) is 5.55. The Bertz CT molecular complexity index is 779. The van der Waals surface area contributed by atoms with E-state index in [4.69, 9.17) is 4.74 Å². The molecular weight excluding hydrogens is 326 g/mol. The van der Waals surface area contributed by atoms with Gasteiger partial charge in [0.25, 0.3) is 0 Å². The van der Waals surface area contributed by atoms with Crippen molar-refractivity contribution in [1.29, 1.82) is 0 Å². The van der Waals surface area contributed by atoms with Crippen molar-refractivity contribution in [3.63, 3.8) is 0 Å². The third-order valence-corrected chi connectivity index (χ3v) is 5.31. The van der Waals surface area contributed by atoms with E-state index in [-0.39, 0.29) is 6.10 Å². The van der Waals surface area contributed by atoms with Crippen LogP contribution in [0, 0.1) is 0 Å². The summed E-state index contributed by atoms with van der Waals surface area (Å²) in [5.74, 6) is 0.467. The molecule has 0 spiro atoms. The largest absolute Gasteiger partial charge is 0.473 e. The average molecular weight is 345 g/mol. The van der Waals surface area contributed by atoms with E-state index in [1.165, 1.54) is 16.0 Å². The molecule has 0 saturated carbocycles. The minimum absolute atomic E-state index is 0.200. The molecule has 0 amide bonds. The zero-order valence-electron chi connectivity index (χ0n) is 13.2. The summed E-state index contributed by atoms with van der Waals surface area (Å²) in [5, 5.41) is 1.26. The fourth-order valence-electron chi connectivity index (χ4n) is 2.57. The van der Waals surface area contributed by atoms with Crippen LogP contribution in [0.5, 0.6) is 5.88 Å².